The van der Waals surface area contributed by atoms with Crippen LogP contribution in [-0.4, -0.2) is 0 Å². The second-order valence-corrected chi connectivity index (χ2v) is 11.3. The van der Waals surface area contributed by atoms with Crippen molar-refractivity contribution in [1.29, 1.82) is 0 Å². The van der Waals surface area contributed by atoms with Gasteiger partial charge in [-0.05, 0) is 117 Å². The molecule has 40 heavy (non-hydrogen) atoms. The van der Waals surface area contributed by atoms with Crippen LogP contribution in [0.5, 0.6) is 0 Å². The minimum Gasteiger partial charge on any atom is -0.0538 e. The maximum Gasteiger partial charge on any atom is -0.0152 e. The summed E-state index contributed by atoms with van der Waals surface area (Å²) >= 11 is 0. The van der Waals surface area contributed by atoms with Crippen molar-refractivity contribution in [2.24, 2.45) is 0 Å². The first kappa shape index (κ1) is 24.4. The van der Waals surface area contributed by atoms with Crippen molar-refractivity contribution < 1.29 is 0 Å². The Balaban J connectivity index is 1.41. The molecule has 0 heterocycles. The SMILES string of the molecule is Cc1cc2c(C)cc1-c1ccc(cc1)-c1ccc(cc1)-c1cc(C)c(cc1C)-c1ccc(cc1)-c1ccc-2cc1. The maximum atomic E-state index is 2.34. The Kier molecular flexibility index (Phi) is 5.79. The first-order chi connectivity index (χ1) is 19.4. The number of rotatable bonds is 0. The van der Waals surface area contributed by atoms with E-state index in [1.54, 1.807) is 0 Å². The van der Waals surface area contributed by atoms with E-state index in [-0.39, 0.29) is 0 Å². The largest absolute Gasteiger partial charge is 0.0538 e. The molecule has 0 radical (unpaired) electrons. The molecule has 0 amide bonds. The lowest BCUT2D eigenvalue weighted by molar-refractivity contribution is 1.38. The van der Waals surface area contributed by atoms with Gasteiger partial charge in [0.15, 0.2) is 0 Å². The van der Waals surface area contributed by atoms with E-state index in [0.29, 0.717) is 0 Å². The van der Waals surface area contributed by atoms with Gasteiger partial charge in [0.05, 0.1) is 0 Å². The van der Waals surface area contributed by atoms with Crippen LogP contribution < -0.4 is 0 Å². The molecule has 0 N–H and O–H groups in total. The summed E-state index contributed by atoms with van der Waals surface area (Å²) in [5.41, 5.74) is 20.3. The number of hydrogen-bond donors (Lipinski definition) is 0. The molecule has 16 aliphatic carbocycles. The highest BCUT2D eigenvalue weighted by Crippen LogP contribution is 2.36. The summed E-state index contributed by atoms with van der Waals surface area (Å²) in [4.78, 5) is 0. The van der Waals surface area contributed by atoms with Gasteiger partial charge in [-0.2, -0.15) is 0 Å². The zero-order chi connectivity index (χ0) is 27.4. The molecule has 12 bridgehead atoms. The van der Waals surface area contributed by atoms with Crippen molar-refractivity contribution in [3.8, 4) is 66.8 Å². The van der Waals surface area contributed by atoms with Crippen molar-refractivity contribution in [3.05, 3.63) is 144 Å². The molecule has 0 aromatic heterocycles. The third-order valence-corrected chi connectivity index (χ3v) is 8.59. The van der Waals surface area contributed by atoms with E-state index in [4.69, 9.17) is 0 Å². The smallest absolute Gasteiger partial charge is 0.0152 e. The van der Waals surface area contributed by atoms with E-state index in [1.807, 2.05) is 0 Å². The Morgan fingerprint density at radius 1 is 0.225 bits per heavy atom. The first-order valence-electron chi connectivity index (χ1n) is 14.1. The fraction of sp³-hybridized carbons (Fsp3) is 0.100. The van der Waals surface area contributed by atoms with Crippen LogP contribution in [0, 0.1) is 27.7 Å². The summed E-state index contributed by atoms with van der Waals surface area (Å²) in [5.74, 6) is 0. The van der Waals surface area contributed by atoms with E-state index in [0.717, 1.165) is 0 Å². The van der Waals surface area contributed by atoms with Crippen LogP contribution in [0.15, 0.2) is 121 Å². The van der Waals surface area contributed by atoms with Gasteiger partial charge in [0.1, 0.15) is 0 Å². The summed E-state index contributed by atoms with van der Waals surface area (Å²) in [5, 5.41) is 0. The molecule has 16 aliphatic rings. The van der Waals surface area contributed by atoms with Gasteiger partial charge in [0, 0.05) is 0 Å². The Hall–Kier alpha value is -4.68. The topological polar surface area (TPSA) is 0 Å². The molecule has 0 unspecified atom stereocenters. The summed E-state index contributed by atoms with van der Waals surface area (Å²) in [6.07, 6.45) is 0. The van der Waals surface area contributed by atoms with E-state index >= 15 is 0 Å². The van der Waals surface area contributed by atoms with Crippen molar-refractivity contribution in [1.82, 2.24) is 0 Å². The van der Waals surface area contributed by atoms with Gasteiger partial charge in [-0.3, -0.25) is 0 Å². The van der Waals surface area contributed by atoms with Crippen molar-refractivity contribution in [2.45, 2.75) is 27.7 Å². The van der Waals surface area contributed by atoms with Gasteiger partial charge >= 0.3 is 0 Å². The van der Waals surface area contributed by atoms with Crippen LogP contribution in [-0.2, 0) is 0 Å². The van der Waals surface area contributed by atoms with Crippen LogP contribution in [0.3, 0.4) is 0 Å². The molecule has 0 aliphatic heterocycles. The molecule has 22 rings (SSSR count). The highest BCUT2D eigenvalue weighted by atomic mass is 14.2. The number of benzene rings is 6. The van der Waals surface area contributed by atoms with E-state index in [2.05, 4.69) is 149 Å². The molecule has 6 aromatic rings. The third kappa shape index (κ3) is 4.17. The highest BCUT2D eigenvalue weighted by molar-refractivity contribution is 5.82. The normalized spacial score (nSPS) is 11.5. The first-order valence-corrected chi connectivity index (χ1v) is 14.1. The number of aryl methyl sites for hydroxylation is 4. The van der Waals surface area contributed by atoms with Crippen molar-refractivity contribution in [3.63, 3.8) is 0 Å². The lowest BCUT2D eigenvalue weighted by atomic mass is 9.89. The lowest BCUT2D eigenvalue weighted by Crippen LogP contribution is -1.92. The van der Waals surface area contributed by atoms with Gasteiger partial charge in [0.25, 0.3) is 0 Å². The quantitative estimate of drug-likeness (QED) is 0.189. The van der Waals surface area contributed by atoms with Crippen molar-refractivity contribution >= 4 is 0 Å². The van der Waals surface area contributed by atoms with E-state index in [1.165, 1.54) is 89.0 Å². The lowest BCUT2D eigenvalue weighted by Gasteiger charge is -2.15. The molecule has 6 aromatic carbocycles. The summed E-state index contributed by atoms with van der Waals surface area (Å²) in [7, 11) is 0. The molecule has 0 spiro atoms. The Morgan fingerprint density at radius 3 is 0.550 bits per heavy atom. The molecule has 0 saturated heterocycles. The van der Waals surface area contributed by atoms with Gasteiger partial charge in [0.2, 0.25) is 0 Å². The number of hydrogen-bond acceptors (Lipinski definition) is 0. The zero-order valence-electron chi connectivity index (χ0n) is 23.5. The average Bonchev–Trinajstić information content (AvgIpc) is 2.99. The Labute approximate surface area is 237 Å². The van der Waals surface area contributed by atoms with Crippen LogP contribution in [0.25, 0.3) is 66.8 Å². The van der Waals surface area contributed by atoms with E-state index in [9.17, 15) is 0 Å². The van der Waals surface area contributed by atoms with Gasteiger partial charge in [-0.15, -0.1) is 0 Å². The van der Waals surface area contributed by atoms with Crippen LogP contribution >= 0.6 is 0 Å². The second-order valence-electron chi connectivity index (χ2n) is 11.3. The fourth-order valence-corrected chi connectivity index (χ4v) is 6.25. The standard InChI is InChI=1S/C40H32/c1-25-21-38-26(2)22-37(25)33-13-5-29(6-14-33)31-9-17-35(18-10-31)39-23-28(4)40(24-27(39)3)36-19-11-32(12-20-36)30-7-15-34(38)16-8-30/h5-24H,1-4H3. The predicted molar refractivity (Wildman–Crippen MR) is 172 cm³/mol. The average molecular weight is 513 g/mol. The monoisotopic (exact) mass is 512 g/mol. The highest BCUT2D eigenvalue weighted by Gasteiger charge is 2.12. The molecular formula is C40H32. The summed E-state index contributed by atoms with van der Waals surface area (Å²) in [6.45, 7) is 8.89. The van der Waals surface area contributed by atoms with Gasteiger partial charge < -0.3 is 0 Å². The molecule has 0 fully saturated rings. The Morgan fingerprint density at radius 2 is 0.375 bits per heavy atom. The molecule has 0 nitrogen and oxygen atoms in total. The minimum atomic E-state index is 1.24. The van der Waals surface area contributed by atoms with E-state index < -0.39 is 0 Å². The molecule has 192 valence electrons. The molecule has 0 saturated carbocycles. The van der Waals surface area contributed by atoms with Crippen LogP contribution in [0.2, 0.25) is 0 Å². The van der Waals surface area contributed by atoms with Gasteiger partial charge in [-0.25, -0.2) is 0 Å². The summed E-state index contributed by atoms with van der Waals surface area (Å²) in [6, 6.07) is 45.4. The Bertz CT molecular complexity index is 1580. The zero-order valence-corrected chi connectivity index (χ0v) is 23.5. The summed E-state index contributed by atoms with van der Waals surface area (Å²) < 4.78 is 0. The minimum absolute atomic E-state index is 1.24. The van der Waals surface area contributed by atoms with Crippen LogP contribution in [0.1, 0.15) is 22.3 Å². The van der Waals surface area contributed by atoms with Crippen LogP contribution in [0.4, 0.5) is 0 Å². The molecule has 0 atom stereocenters. The fourth-order valence-electron chi connectivity index (χ4n) is 6.25. The molecule has 0 heteroatoms. The molecular weight excluding hydrogens is 480 g/mol. The maximum absolute atomic E-state index is 2.34. The third-order valence-electron chi connectivity index (χ3n) is 8.59. The van der Waals surface area contributed by atoms with Crippen molar-refractivity contribution in [2.75, 3.05) is 0 Å². The predicted octanol–water partition coefficient (Wildman–Crippen LogP) is 11.2. The van der Waals surface area contributed by atoms with Gasteiger partial charge in [-0.1, -0.05) is 121 Å². The second kappa shape index (κ2) is 9.50.